The monoisotopic (exact) mass is 729 g/mol. The minimum absolute atomic E-state index is 0.0607. The number of aliphatic hydroxyl groups excluding tert-OH is 4. The van der Waals surface area contributed by atoms with Crippen molar-refractivity contribution < 1.29 is 78.2 Å². The number of carbonyl (C=O) groups excluding carboxylic acids is 3. The number of ether oxygens (including phenoxy) is 6. The van der Waals surface area contributed by atoms with Crippen molar-refractivity contribution in [3.8, 4) is 34.5 Å². The van der Waals surface area contributed by atoms with Crippen LogP contribution in [0.4, 0.5) is 0 Å². The zero-order valence-corrected chi connectivity index (χ0v) is 28.9. The number of carbonyl (C=O) groups is 4. The van der Waals surface area contributed by atoms with Gasteiger partial charge in [-0.3, -0.25) is 9.59 Å². The maximum absolute atomic E-state index is 13.7. The molecule has 1 heterocycles. The van der Waals surface area contributed by atoms with E-state index in [-0.39, 0.29) is 45.1 Å². The van der Waals surface area contributed by atoms with Crippen LogP contribution in [0.2, 0.25) is 0 Å². The predicted octanol–water partition coefficient (Wildman–Crippen LogP) is 1.15. The van der Waals surface area contributed by atoms with Gasteiger partial charge in [0.05, 0.1) is 26.4 Å². The van der Waals surface area contributed by atoms with Gasteiger partial charge in [-0.15, -0.1) is 0 Å². The zero-order chi connectivity index (χ0) is 38.6. The number of esters is 2. The van der Waals surface area contributed by atoms with E-state index >= 15 is 0 Å². The SMILES string of the molecule is COc1cc(C)c(C(=O)Oc2cc(C)c(C(=O)Oc3cc(C)c(C(=O)N[C@@H](C)C(=O)O)c(O)c3)c(O[C@H]3O[C@@H](CO)[C@H](O)[C@@H](O)[C@@H]3O)c2)c(OC)c1. The van der Waals surface area contributed by atoms with E-state index in [4.69, 9.17) is 33.5 Å². The number of phenols is 1. The van der Waals surface area contributed by atoms with Crippen LogP contribution in [0, 0.1) is 20.8 Å². The van der Waals surface area contributed by atoms with Gasteiger partial charge in [-0.1, -0.05) is 0 Å². The first-order valence-electron chi connectivity index (χ1n) is 15.7. The number of aryl methyl sites for hydroxylation is 3. The Morgan fingerprint density at radius 3 is 1.79 bits per heavy atom. The summed E-state index contributed by atoms with van der Waals surface area (Å²) in [6.07, 6.45) is -8.57. The molecular weight excluding hydrogens is 690 g/mol. The van der Waals surface area contributed by atoms with Crippen molar-refractivity contribution in [2.24, 2.45) is 0 Å². The molecule has 0 aliphatic carbocycles. The summed E-state index contributed by atoms with van der Waals surface area (Å²) in [6.45, 7) is 4.95. The molecule has 6 atom stereocenters. The average Bonchev–Trinajstić information content (AvgIpc) is 3.07. The van der Waals surface area contributed by atoms with E-state index < -0.39 is 78.7 Å². The van der Waals surface area contributed by atoms with Crippen molar-refractivity contribution in [2.45, 2.75) is 64.4 Å². The number of carboxylic acid groups (broad SMARTS) is 1. The van der Waals surface area contributed by atoms with Crippen molar-refractivity contribution in [3.05, 3.63) is 69.8 Å². The molecule has 0 spiro atoms. The van der Waals surface area contributed by atoms with E-state index in [0.717, 1.165) is 12.1 Å². The van der Waals surface area contributed by atoms with Crippen LogP contribution < -0.4 is 29.0 Å². The summed E-state index contributed by atoms with van der Waals surface area (Å²) >= 11 is 0. The molecule has 0 bridgehead atoms. The summed E-state index contributed by atoms with van der Waals surface area (Å²) in [4.78, 5) is 51.0. The lowest BCUT2D eigenvalue weighted by Crippen LogP contribution is -2.60. The van der Waals surface area contributed by atoms with Gasteiger partial charge in [0.15, 0.2) is 0 Å². The average molecular weight is 730 g/mol. The first-order valence-corrected chi connectivity index (χ1v) is 15.7. The number of aliphatic hydroxyl groups is 4. The first-order chi connectivity index (χ1) is 24.5. The minimum atomic E-state index is -1.89. The molecule has 3 aromatic carbocycles. The number of amides is 1. The van der Waals surface area contributed by atoms with Crippen LogP contribution in [0.3, 0.4) is 0 Å². The third kappa shape index (κ3) is 8.35. The van der Waals surface area contributed by atoms with E-state index in [1.54, 1.807) is 13.0 Å². The molecule has 17 nitrogen and oxygen atoms in total. The van der Waals surface area contributed by atoms with Gasteiger partial charge in [-0.05, 0) is 62.6 Å². The number of hydrogen-bond donors (Lipinski definition) is 7. The second kappa shape index (κ2) is 16.3. The Bertz CT molecular complexity index is 1830. The van der Waals surface area contributed by atoms with E-state index in [9.17, 15) is 44.7 Å². The smallest absolute Gasteiger partial charge is 0.347 e. The fourth-order valence-electron chi connectivity index (χ4n) is 5.43. The molecule has 1 aliphatic rings. The lowest BCUT2D eigenvalue weighted by Gasteiger charge is -2.39. The van der Waals surface area contributed by atoms with E-state index in [0.29, 0.717) is 11.3 Å². The van der Waals surface area contributed by atoms with Gasteiger partial charge in [0, 0.05) is 18.2 Å². The Morgan fingerprint density at radius 1 is 0.750 bits per heavy atom. The molecule has 1 amide bonds. The quantitative estimate of drug-likeness (QED) is 0.102. The van der Waals surface area contributed by atoms with Crippen molar-refractivity contribution in [1.29, 1.82) is 0 Å². The Balaban J connectivity index is 1.73. The highest BCUT2D eigenvalue weighted by atomic mass is 16.7. The molecule has 4 rings (SSSR count). The Hall–Kier alpha value is -5.46. The number of hydrogen-bond acceptors (Lipinski definition) is 15. The predicted molar refractivity (Wildman–Crippen MR) is 177 cm³/mol. The van der Waals surface area contributed by atoms with Gasteiger partial charge in [0.1, 0.15) is 76.1 Å². The molecule has 0 radical (unpaired) electrons. The fourth-order valence-corrected chi connectivity index (χ4v) is 5.43. The first kappa shape index (κ1) is 39.3. The van der Waals surface area contributed by atoms with Crippen LogP contribution in [-0.4, -0.2) is 112 Å². The summed E-state index contributed by atoms with van der Waals surface area (Å²) in [5.74, 6) is -4.99. The highest BCUT2D eigenvalue weighted by Gasteiger charge is 2.45. The number of aromatic hydroxyl groups is 1. The number of benzene rings is 3. The number of aliphatic carboxylic acids is 1. The highest BCUT2D eigenvalue weighted by molar-refractivity contribution is 6.01. The van der Waals surface area contributed by atoms with Gasteiger partial charge in [0.25, 0.3) is 5.91 Å². The van der Waals surface area contributed by atoms with E-state index in [1.165, 1.54) is 53.2 Å². The molecule has 0 aromatic heterocycles. The lowest BCUT2D eigenvalue weighted by molar-refractivity contribution is -0.277. The van der Waals surface area contributed by atoms with Gasteiger partial charge in [-0.25, -0.2) is 9.59 Å². The molecule has 17 heteroatoms. The van der Waals surface area contributed by atoms with Crippen LogP contribution in [0.5, 0.6) is 34.5 Å². The number of phenolic OH excluding ortho intramolecular Hbond substituents is 1. The maximum Gasteiger partial charge on any atom is 0.347 e. The normalized spacial score (nSPS) is 20.3. The van der Waals surface area contributed by atoms with Gasteiger partial charge < -0.3 is 64.4 Å². The van der Waals surface area contributed by atoms with Crippen molar-refractivity contribution in [1.82, 2.24) is 5.32 Å². The maximum atomic E-state index is 13.7. The molecule has 3 aromatic rings. The summed E-state index contributed by atoms with van der Waals surface area (Å²) < 4.78 is 33.1. The summed E-state index contributed by atoms with van der Waals surface area (Å²) in [5, 5.41) is 62.9. The highest BCUT2D eigenvalue weighted by Crippen LogP contribution is 2.36. The lowest BCUT2D eigenvalue weighted by atomic mass is 9.99. The molecular formula is C35H39NO16. The number of nitrogens with one attached hydrogen (secondary N) is 1. The summed E-state index contributed by atoms with van der Waals surface area (Å²) in [7, 11) is 2.80. The fraction of sp³-hybridized carbons (Fsp3) is 0.371. The topological polar surface area (TPSA) is 257 Å². The van der Waals surface area contributed by atoms with Crippen LogP contribution in [-0.2, 0) is 9.53 Å². The standard InChI is InChI=1S/C35H39NO16/c1-14-8-19(10-21(38)25(14)31(42)36-17(4)32(43)44)49-34(46)27-16(3)9-20(50-33(45)26-15(2)7-18(47-5)11-22(26)48-6)12-23(27)51-35-30(41)29(40)28(39)24(13-37)52-35/h7-12,17,24,28-30,35,37-41H,13H2,1-6H3,(H,36,42)(H,43,44)/t17-,24-,28-,29+,30-,35-/m0/s1. The molecule has 52 heavy (non-hydrogen) atoms. The molecule has 0 unspecified atom stereocenters. The zero-order valence-electron chi connectivity index (χ0n) is 28.9. The Labute approximate surface area is 296 Å². The largest absolute Gasteiger partial charge is 0.507 e. The summed E-state index contributed by atoms with van der Waals surface area (Å²) in [5.41, 5.74) is 0.182. The van der Waals surface area contributed by atoms with Crippen molar-refractivity contribution in [2.75, 3.05) is 20.8 Å². The third-order valence-electron chi connectivity index (χ3n) is 8.16. The van der Waals surface area contributed by atoms with Crippen LogP contribution in [0.15, 0.2) is 36.4 Å². The molecule has 1 aliphatic heterocycles. The molecule has 0 saturated carbocycles. The van der Waals surface area contributed by atoms with Crippen LogP contribution in [0.25, 0.3) is 0 Å². The van der Waals surface area contributed by atoms with Gasteiger partial charge in [-0.2, -0.15) is 0 Å². The Kier molecular flexibility index (Phi) is 12.3. The summed E-state index contributed by atoms with van der Waals surface area (Å²) in [6, 6.07) is 6.42. The number of rotatable bonds is 12. The van der Waals surface area contributed by atoms with Crippen LogP contribution >= 0.6 is 0 Å². The van der Waals surface area contributed by atoms with E-state index in [1.807, 2.05) is 0 Å². The van der Waals surface area contributed by atoms with Crippen LogP contribution in [0.1, 0.15) is 54.7 Å². The second-order valence-electron chi connectivity index (χ2n) is 11.9. The van der Waals surface area contributed by atoms with Crippen molar-refractivity contribution in [3.63, 3.8) is 0 Å². The minimum Gasteiger partial charge on any atom is -0.507 e. The number of methoxy groups -OCH3 is 2. The molecule has 7 N–H and O–H groups in total. The van der Waals surface area contributed by atoms with Gasteiger partial charge >= 0.3 is 17.9 Å². The third-order valence-corrected chi connectivity index (χ3v) is 8.16. The van der Waals surface area contributed by atoms with Gasteiger partial charge in [0.2, 0.25) is 6.29 Å². The molecule has 1 saturated heterocycles. The van der Waals surface area contributed by atoms with Crippen molar-refractivity contribution >= 4 is 23.8 Å². The second-order valence-corrected chi connectivity index (χ2v) is 11.9. The molecule has 1 fully saturated rings. The number of carboxylic acids is 1. The van der Waals surface area contributed by atoms with E-state index in [2.05, 4.69) is 5.32 Å². The Morgan fingerprint density at radius 2 is 1.27 bits per heavy atom. The molecule has 280 valence electrons.